The third-order valence-corrected chi connectivity index (χ3v) is 7.48. The Kier molecular flexibility index (Phi) is 4.33. The van der Waals surface area contributed by atoms with Crippen molar-refractivity contribution in [3.05, 3.63) is 0 Å². The first-order valence-corrected chi connectivity index (χ1v) is 10.0. The van der Waals surface area contributed by atoms with Gasteiger partial charge in [0, 0.05) is 31.2 Å². The summed E-state index contributed by atoms with van der Waals surface area (Å²) in [4.78, 5) is 26.2. The normalized spacial score (nSPS) is 46.0. The number of nitrogens with zero attached hydrogens (tertiary/aromatic N) is 1. The van der Waals surface area contributed by atoms with Crippen LogP contribution in [-0.4, -0.2) is 47.7 Å². The Labute approximate surface area is 150 Å². The maximum Gasteiger partial charge on any atom is 0.302 e. The van der Waals surface area contributed by atoms with Gasteiger partial charge in [-0.1, -0.05) is 6.92 Å². The van der Waals surface area contributed by atoms with Crippen LogP contribution < -0.4 is 0 Å². The Morgan fingerprint density at radius 1 is 1.00 bits per heavy atom. The molecule has 7 atom stereocenters. The molecule has 2 heterocycles. The van der Waals surface area contributed by atoms with Gasteiger partial charge in [0.1, 0.15) is 12.2 Å². The van der Waals surface area contributed by atoms with E-state index in [9.17, 15) is 9.59 Å². The van der Waals surface area contributed by atoms with Gasteiger partial charge < -0.3 is 9.47 Å². The minimum atomic E-state index is -0.185. The number of hydrogen-bond donors (Lipinski definition) is 0. The highest BCUT2D eigenvalue weighted by Gasteiger charge is 2.65. The van der Waals surface area contributed by atoms with Crippen molar-refractivity contribution in [3.63, 3.8) is 0 Å². The van der Waals surface area contributed by atoms with Gasteiger partial charge in [-0.25, -0.2) is 0 Å². The summed E-state index contributed by atoms with van der Waals surface area (Å²) in [6, 6.07) is 0. The largest absolute Gasteiger partial charge is 0.462 e. The SMILES string of the molecule is CC(=O)O[C@H]1[C@@H]2C[C@@H](OC(C)=O)[C@H]3CCCN4CCC[C@H]2[C@]34C[C@@H]1C. The van der Waals surface area contributed by atoms with E-state index in [-0.39, 0.29) is 29.7 Å². The maximum atomic E-state index is 11.8. The zero-order valence-corrected chi connectivity index (χ0v) is 15.7. The van der Waals surface area contributed by atoms with Crippen LogP contribution in [0.4, 0.5) is 0 Å². The van der Waals surface area contributed by atoms with Gasteiger partial charge in [-0.05, 0) is 63.5 Å². The fourth-order valence-corrected chi connectivity index (χ4v) is 7.05. The molecule has 4 rings (SSSR count). The van der Waals surface area contributed by atoms with Crippen molar-refractivity contribution in [2.75, 3.05) is 13.1 Å². The monoisotopic (exact) mass is 349 g/mol. The van der Waals surface area contributed by atoms with Crippen LogP contribution in [0.15, 0.2) is 0 Å². The van der Waals surface area contributed by atoms with Crippen molar-refractivity contribution in [2.24, 2.45) is 23.7 Å². The van der Waals surface area contributed by atoms with Crippen molar-refractivity contribution in [1.82, 2.24) is 4.90 Å². The molecule has 4 aliphatic rings. The summed E-state index contributed by atoms with van der Waals surface area (Å²) >= 11 is 0. The third-order valence-electron chi connectivity index (χ3n) is 7.48. The van der Waals surface area contributed by atoms with E-state index < -0.39 is 0 Å². The van der Waals surface area contributed by atoms with Crippen molar-refractivity contribution >= 4 is 11.9 Å². The number of rotatable bonds is 2. The van der Waals surface area contributed by atoms with E-state index in [1.165, 1.54) is 33.1 Å². The first-order chi connectivity index (χ1) is 11.9. The van der Waals surface area contributed by atoms with Crippen molar-refractivity contribution in [3.8, 4) is 0 Å². The van der Waals surface area contributed by atoms with E-state index in [1.54, 1.807) is 0 Å². The Morgan fingerprint density at radius 3 is 2.28 bits per heavy atom. The number of esters is 2. The topological polar surface area (TPSA) is 55.8 Å². The first kappa shape index (κ1) is 17.3. The summed E-state index contributed by atoms with van der Waals surface area (Å²) in [6.45, 7) is 7.61. The van der Waals surface area contributed by atoms with E-state index in [0.717, 1.165) is 32.4 Å². The van der Waals surface area contributed by atoms with E-state index in [4.69, 9.17) is 9.47 Å². The molecular weight excluding hydrogens is 318 g/mol. The predicted octanol–water partition coefficient (Wildman–Crippen LogP) is 2.77. The van der Waals surface area contributed by atoms with Crippen LogP contribution >= 0.6 is 0 Å². The summed E-state index contributed by atoms with van der Waals surface area (Å²) in [5.74, 6) is 1.32. The molecule has 1 spiro atoms. The van der Waals surface area contributed by atoms with Crippen LogP contribution in [-0.2, 0) is 19.1 Å². The summed E-state index contributed by atoms with van der Waals surface area (Å²) in [5.41, 5.74) is 0.148. The van der Waals surface area contributed by atoms with Crippen LogP contribution in [0.1, 0.15) is 59.3 Å². The highest BCUT2D eigenvalue weighted by atomic mass is 16.5. The van der Waals surface area contributed by atoms with Gasteiger partial charge in [0.2, 0.25) is 0 Å². The Bertz CT molecular complexity index is 562. The molecule has 2 aliphatic heterocycles. The highest BCUT2D eigenvalue weighted by molar-refractivity contribution is 5.66. The number of hydrogen-bond acceptors (Lipinski definition) is 5. The second-order valence-electron chi connectivity index (χ2n) is 8.78. The fourth-order valence-electron chi connectivity index (χ4n) is 7.05. The van der Waals surface area contributed by atoms with Crippen LogP contribution in [0.25, 0.3) is 0 Å². The number of carbonyl (C=O) groups excluding carboxylic acids is 2. The zero-order chi connectivity index (χ0) is 17.8. The van der Waals surface area contributed by atoms with Gasteiger partial charge in [0.05, 0.1) is 0 Å². The smallest absolute Gasteiger partial charge is 0.302 e. The zero-order valence-electron chi connectivity index (χ0n) is 15.7. The van der Waals surface area contributed by atoms with E-state index in [2.05, 4.69) is 11.8 Å². The summed E-state index contributed by atoms with van der Waals surface area (Å²) < 4.78 is 11.7. The van der Waals surface area contributed by atoms with Crippen LogP contribution in [0, 0.1) is 23.7 Å². The number of ether oxygens (including phenoxy) is 2. The van der Waals surface area contributed by atoms with Crippen molar-refractivity contribution in [2.45, 2.75) is 77.0 Å². The average Bonchev–Trinajstić information content (AvgIpc) is 2.53. The highest BCUT2D eigenvalue weighted by Crippen LogP contribution is 2.61. The molecule has 5 nitrogen and oxygen atoms in total. The van der Waals surface area contributed by atoms with E-state index in [1.807, 2.05) is 0 Å². The molecule has 5 heteroatoms. The number of piperidine rings is 2. The van der Waals surface area contributed by atoms with Crippen LogP contribution in [0.5, 0.6) is 0 Å². The molecule has 0 amide bonds. The third kappa shape index (κ3) is 2.61. The molecular formula is C20H31NO4. The molecule has 0 radical (unpaired) electrons. The first-order valence-electron chi connectivity index (χ1n) is 10.0. The molecule has 0 aromatic heterocycles. The fraction of sp³-hybridized carbons (Fsp3) is 0.900. The summed E-state index contributed by atoms with van der Waals surface area (Å²) in [7, 11) is 0. The van der Waals surface area contributed by atoms with Gasteiger partial charge in [-0.2, -0.15) is 0 Å². The molecule has 2 aliphatic carbocycles. The Balaban J connectivity index is 1.74. The standard InChI is InChI=1S/C20H31NO4/c1-12-11-20-16-6-4-8-21(20)9-5-7-17(20)18(24-13(2)22)10-15(16)19(12)25-14(3)23/h12,15-19H,4-11H2,1-3H3/t12-,15+,16+,17+,18+,19+,20+/m0/s1. The predicted molar refractivity (Wildman–Crippen MR) is 92.7 cm³/mol. The Morgan fingerprint density at radius 2 is 1.64 bits per heavy atom. The second kappa shape index (κ2) is 6.26. The molecule has 25 heavy (non-hydrogen) atoms. The van der Waals surface area contributed by atoms with E-state index in [0.29, 0.717) is 23.7 Å². The molecule has 0 aromatic carbocycles. The molecule has 0 N–H and O–H groups in total. The minimum Gasteiger partial charge on any atom is -0.462 e. The lowest BCUT2D eigenvalue weighted by Gasteiger charge is -2.68. The summed E-state index contributed by atoms with van der Waals surface area (Å²) in [5, 5.41) is 0. The van der Waals surface area contributed by atoms with Crippen LogP contribution in [0.3, 0.4) is 0 Å². The van der Waals surface area contributed by atoms with Gasteiger partial charge in [0.15, 0.2) is 0 Å². The van der Waals surface area contributed by atoms with Gasteiger partial charge in [-0.15, -0.1) is 0 Å². The lowest BCUT2D eigenvalue weighted by Crippen LogP contribution is -2.74. The second-order valence-corrected chi connectivity index (χ2v) is 8.78. The van der Waals surface area contributed by atoms with Crippen molar-refractivity contribution in [1.29, 1.82) is 0 Å². The molecule has 2 bridgehead atoms. The van der Waals surface area contributed by atoms with Gasteiger partial charge in [0.25, 0.3) is 0 Å². The average molecular weight is 349 g/mol. The van der Waals surface area contributed by atoms with E-state index >= 15 is 0 Å². The quantitative estimate of drug-likeness (QED) is 0.718. The molecule has 2 saturated heterocycles. The molecule has 0 aromatic rings. The van der Waals surface area contributed by atoms with Gasteiger partial charge >= 0.3 is 11.9 Å². The van der Waals surface area contributed by atoms with Crippen molar-refractivity contribution < 1.29 is 19.1 Å². The molecule has 4 fully saturated rings. The molecule has 140 valence electrons. The lowest BCUT2D eigenvalue weighted by molar-refractivity contribution is -0.235. The number of carbonyl (C=O) groups is 2. The maximum absolute atomic E-state index is 11.8. The van der Waals surface area contributed by atoms with Crippen LogP contribution in [0.2, 0.25) is 0 Å². The lowest BCUT2D eigenvalue weighted by atomic mass is 9.47. The Hall–Kier alpha value is -1.10. The summed E-state index contributed by atoms with van der Waals surface area (Å²) in [6.07, 6.45) is 6.66. The van der Waals surface area contributed by atoms with Gasteiger partial charge in [-0.3, -0.25) is 14.5 Å². The molecule has 2 saturated carbocycles. The molecule has 0 unspecified atom stereocenters. The minimum absolute atomic E-state index is 0.0230.